The standard InChI is InChI=1S/C13H15N3O3S/c1-9-13(16(17)18)10(2)15(14-9)8-11-4-6-12(7-5-11)20(3)19/h4-7H,8H2,1-3H3. The Morgan fingerprint density at radius 1 is 1.30 bits per heavy atom. The minimum atomic E-state index is -1.01. The molecule has 6 nitrogen and oxygen atoms in total. The van der Waals surface area contributed by atoms with Gasteiger partial charge in [0.1, 0.15) is 17.6 Å². The van der Waals surface area contributed by atoms with Crippen molar-refractivity contribution in [2.24, 2.45) is 0 Å². The van der Waals surface area contributed by atoms with Crippen LogP contribution in [0, 0.1) is 24.0 Å². The van der Waals surface area contributed by atoms with Gasteiger partial charge in [0.15, 0.2) is 4.90 Å². The number of hydrogen-bond acceptors (Lipinski definition) is 4. The molecule has 1 atom stereocenters. The van der Waals surface area contributed by atoms with Gasteiger partial charge < -0.3 is 4.55 Å². The molecule has 0 amide bonds. The first-order chi connectivity index (χ1) is 9.40. The number of aryl methyl sites for hydroxylation is 1. The van der Waals surface area contributed by atoms with Crippen LogP contribution in [0.3, 0.4) is 0 Å². The van der Waals surface area contributed by atoms with E-state index in [-0.39, 0.29) is 5.69 Å². The lowest BCUT2D eigenvalue weighted by Crippen LogP contribution is -2.05. The molecule has 0 aliphatic heterocycles. The van der Waals surface area contributed by atoms with Crippen molar-refractivity contribution in [1.29, 1.82) is 0 Å². The zero-order valence-electron chi connectivity index (χ0n) is 11.5. The summed E-state index contributed by atoms with van der Waals surface area (Å²) >= 11 is -1.01. The third kappa shape index (κ3) is 2.83. The molecule has 1 unspecified atom stereocenters. The summed E-state index contributed by atoms with van der Waals surface area (Å²) in [5.41, 5.74) is 1.98. The molecule has 0 spiro atoms. The van der Waals surface area contributed by atoms with Gasteiger partial charge in [-0.3, -0.25) is 14.8 Å². The monoisotopic (exact) mass is 293 g/mol. The molecule has 7 heteroatoms. The van der Waals surface area contributed by atoms with Crippen LogP contribution in [0.15, 0.2) is 29.2 Å². The molecular weight excluding hydrogens is 278 g/mol. The van der Waals surface area contributed by atoms with Gasteiger partial charge in [-0.1, -0.05) is 12.1 Å². The lowest BCUT2D eigenvalue weighted by molar-refractivity contribution is -0.386. The molecule has 20 heavy (non-hydrogen) atoms. The quantitative estimate of drug-likeness (QED) is 0.491. The van der Waals surface area contributed by atoms with Gasteiger partial charge in [-0.05, 0) is 42.7 Å². The normalized spacial score (nSPS) is 12.4. The highest BCUT2D eigenvalue weighted by Crippen LogP contribution is 2.22. The van der Waals surface area contributed by atoms with E-state index >= 15 is 0 Å². The van der Waals surface area contributed by atoms with Crippen molar-refractivity contribution in [2.75, 3.05) is 6.26 Å². The zero-order chi connectivity index (χ0) is 14.9. The van der Waals surface area contributed by atoms with Crippen LogP contribution in [0.4, 0.5) is 5.69 Å². The number of hydrogen-bond donors (Lipinski definition) is 0. The van der Waals surface area contributed by atoms with Crippen LogP contribution in [0.25, 0.3) is 0 Å². The van der Waals surface area contributed by atoms with E-state index in [0.717, 1.165) is 10.5 Å². The first-order valence-electron chi connectivity index (χ1n) is 6.01. The highest BCUT2D eigenvalue weighted by Gasteiger charge is 2.21. The molecule has 0 N–H and O–H groups in total. The van der Waals surface area contributed by atoms with Crippen molar-refractivity contribution in [1.82, 2.24) is 9.78 Å². The lowest BCUT2D eigenvalue weighted by Gasteiger charge is -2.06. The van der Waals surface area contributed by atoms with Crippen LogP contribution in [0.5, 0.6) is 0 Å². The Balaban J connectivity index is 2.26. The van der Waals surface area contributed by atoms with Gasteiger partial charge in [-0.2, -0.15) is 5.10 Å². The highest BCUT2D eigenvalue weighted by atomic mass is 32.2. The molecule has 106 valence electrons. The second-order valence-corrected chi connectivity index (χ2v) is 5.91. The van der Waals surface area contributed by atoms with Crippen molar-refractivity contribution in [3.05, 3.63) is 51.3 Å². The molecule has 0 aliphatic carbocycles. The predicted octanol–water partition coefficient (Wildman–Crippen LogP) is 2.19. The van der Waals surface area contributed by atoms with Crippen LogP contribution in [0.1, 0.15) is 17.0 Å². The van der Waals surface area contributed by atoms with Crippen LogP contribution in [-0.4, -0.2) is 25.5 Å². The molecule has 0 saturated heterocycles. The lowest BCUT2D eigenvalue weighted by atomic mass is 10.2. The second-order valence-electron chi connectivity index (χ2n) is 4.53. The molecule has 0 radical (unpaired) electrons. The Hall–Kier alpha value is -1.86. The van der Waals surface area contributed by atoms with E-state index in [4.69, 9.17) is 0 Å². The molecule has 1 aromatic heterocycles. The van der Waals surface area contributed by atoms with Gasteiger partial charge in [0.25, 0.3) is 0 Å². The molecule has 2 rings (SSSR count). The van der Waals surface area contributed by atoms with Gasteiger partial charge in [0, 0.05) is 0 Å². The first kappa shape index (κ1) is 14.5. The highest BCUT2D eigenvalue weighted by molar-refractivity contribution is 7.90. The largest absolute Gasteiger partial charge is 0.612 e. The molecule has 0 saturated carbocycles. The smallest absolute Gasteiger partial charge is 0.312 e. The van der Waals surface area contributed by atoms with Crippen LogP contribution in [-0.2, 0) is 17.7 Å². The summed E-state index contributed by atoms with van der Waals surface area (Å²) in [6.07, 6.45) is 1.62. The van der Waals surface area contributed by atoms with E-state index in [9.17, 15) is 14.7 Å². The molecule has 1 aromatic carbocycles. The maximum Gasteiger partial charge on any atom is 0.312 e. The van der Waals surface area contributed by atoms with Gasteiger partial charge in [-0.15, -0.1) is 0 Å². The molecule has 0 fully saturated rings. The van der Waals surface area contributed by atoms with E-state index in [1.165, 1.54) is 0 Å². The number of aromatic nitrogens is 2. The fraction of sp³-hybridized carbons (Fsp3) is 0.308. The van der Waals surface area contributed by atoms with E-state index in [2.05, 4.69) is 5.10 Å². The fourth-order valence-electron chi connectivity index (χ4n) is 2.07. The average Bonchev–Trinajstić information content (AvgIpc) is 2.65. The molecule has 2 aromatic rings. The van der Waals surface area contributed by atoms with Crippen molar-refractivity contribution in [3.8, 4) is 0 Å². The molecule has 1 heterocycles. The summed E-state index contributed by atoms with van der Waals surface area (Å²) in [5.74, 6) is 0. The number of nitrogens with zero attached hydrogens (tertiary/aromatic N) is 3. The minimum Gasteiger partial charge on any atom is -0.612 e. The van der Waals surface area contributed by atoms with Crippen molar-refractivity contribution in [2.45, 2.75) is 25.3 Å². The fourth-order valence-corrected chi connectivity index (χ4v) is 2.58. The van der Waals surface area contributed by atoms with Crippen molar-refractivity contribution in [3.63, 3.8) is 0 Å². The number of benzene rings is 1. The summed E-state index contributed by atoms with van der Waals surface area (Å²) in [5, 5.41) is 15.1. The summed E-state index contributed by atoms with van der Waals surface area (Å²) in [4.78, 5) is 11.3. The van der Waals surface area contributed by atoms with E-state index in [1.54, 1.807) is 36.9 Å². The number of rotatable bonds is 4. The third-order valence-corrected chi connectivity index (χ3v) is 4.05. The average molecular weight is 293 g/mol. The molecule has 0 bridgehead atoms. The molecular formula is C13H15N3O3S. The maximum absolute atomic E-state index is 11.3. The van der Waals surface area contributed by atoms with Crippen LogP contribution >= 0.6 is 0 Å². The summed E-state index contributed by atoms with van der Waals surface area (Å²) in [6.45, 7) is 3.77. The summed E-state index contributed by atoms with van der Waals surface area (Å²) in [6, 6.07) is 7.31. The Labute approximate surface area is 119 Å². The van der Waals surface area contributed by atoms with Crippen LogP contribution < -0.4 is 0 Å². The Bertz CT molecular complexity index is 635. The van der Waals surface area contributed by atoms with Gasteiger partial charge >= 0.3 is 5.69 Å². The Morgan fingerprint density at radius 3 is 2.35 bits per heavy atom. The van der Waals surface area contributed by atoms with Gasteiger partial charge in [-0.25, -0.2) is 0 Å². The SMILES string of the molecule is Cc1nn(Cc2ccc([S+](C)[O-])cc2)c(C)c1[N+](=O)[O-]. The predicted molar refractivity (Wildman–Crippen MR) is 76.2 cm³/mol. The Morgan fingerprint density at radius 2 is 1.90 bits per heavy atom. The van der Waals surface area contributed by atoms with E-state index in [1.807, 2.05) is 12.1 Å². The van der Waals surface area contributed by atoms with Crippen molar-refractivity contribution >= 4 is 16.9 Å². The maximum atomic E-state index is 11.3. The molecule has 0 aliphatic rings. The number of nitro groups is 1. The Kier molecular flexibility index (Phi) is 4.10. The first-order valence-corrected chi connectivity index (χ1v) is 7.56. The van der Waals surface area contributed by atoms with Gasteiger partial charge in [0.2, 0.25) is 0 Å². The summed E-state index contributed by atoms with van der Waals surface area (Å²) in [7, 11) is 0. The topological polar surface area (TPSA) is 84.0 Å². The third-order valence-electron chi connectivity index (χ3n) is 3.11. The summed E-state index contributed by atoms with van der Waals surface area (Å²) < 4.78 is 12.9. The van der Waals surface area contributed by atoms with E-state index < -0.39 is 16.1 Å². The van der Waals surface area contributed by atoms with E-state index in [0.29, 0.717) is 17.9 Å². The minimum absolute atomic E-state index is 0.0660. The van der Waals surface area contributed by atoms with Gasteiger partial charge in [0.05, 0.1) is 11.5 Å². The van der Waals surface area contributed by atoms with Crippen LogP contribution in [0.2, 0.25) is 0 Å². The second kappa shape index (κ2) is 5.64. The van der Waals surface area contributed by atoms with Crippen molar-refractivity contribution < 1.29 is 9.48 Å². The zero-order valence-corrected chi connectivity index (χ0v) is 12.3.